The molecule has 33 heavy (non-hydrogen) atoms. The second kappa shape index (κ2) is 10.4. The number of hydrogen-bond donors (Lipinski definition) is 3. The molecule has 0 saturated heterocycles. The number of amides is 2. The number of aromatic nitrogens is 1. The summed E-state index contributed by atoms with van der Waals surface area (Å²) in [5, 5.41) is 14.7. The molecule has 3 N–H and O–H groups in total. The average molecular weight is 446 g/mol. The van der Waals surface area contributed by atoms with E-state index in [1.807, 2.05) is 12.1 Å². The third kappa shape index (κ3) is 5.92. The summed E-state index contributed by atoms with van der Waals surface area (Å²) >= 11 is 0. The second-order valence-corrected chi connectivity index (χ2v) is 7.61. The Labute approximate surface area is 190 Å². The summed E-state index contributed by atoms with van der Waals surface area (Å²) in [6.45, 7) is 3.71. The monoisotopic (exact) mass is 446 g/mol. The van der Waals surface area contributed by atoms with Crippen LogP contribution in [0.1, 0.15) is 44.7 Å². The molecular formula is C25H23FN4O3. The van der Waals surface area contributed by atoms with Crippen LogP contribution in [0.2, 0.25) is 0 Å². The third-order valence-corrected chi connectivity index (χ3v) is 5.28. The molecule has 0 radical (unpaired) electrons. The number of H-pyrrole nitrogens is 1. The highest BCUT2D eigenvalue weighted by Crippen LogP contribution is 2.16. The SMILES string of the molecule is Cc1[nH]c(=O)c(C#N)c(C)c1CCC(=O)NCc1cccc(NC(=O)c2cccc(F)c2)c1. The van der Waals surface area contributed by atoms with Crippen molar-refractivity contribution in [3.63, 3.8) is 0 Å². The number of carbonyl (C=O) groups excluding carboxylic acids is 2. The van der Waals surface area contributed by atoms with E-state index in [4.69, 9.17) is 5.26 Å². The maximum atomic E-state index is 13.3. The van der Waals surface area contributed by atoms with Crippen LogP contribution >= 0.6 is 0 Å². The Kier molecular flexibility index (Phi) is 7.36. The molecule has 0 aliphatic heterocycles. The zero-order chi connectivity index (χ0) is 24.0. The average Bonchev–Trinajstić information content (AvgIpc) is 2.78. The van der Waals surface area contributed by atoms with Gasteiger partial charge in [0.1, 0.15) is 17.4 Å². The predicted molar refractivity (Wildman–Crippen MR) is 122 cm³/mol. The number of aryl methyl sites for hydroxylation is 1. The number of nitrogens with one attached hydrogen (secondary N) is 3. The molecule has 0 aliphatic carbocycles. The Bertz CT molecular complexity index is 1310. The normalized spacial score (nSPS) is 10.4. The van der Waals surface area contributed by atoms with Crippen LogP contribution in [-0.2, 0) is 17.8 Å². The fourth-order valence-corrected chi connectivity index (χ4v) is 3.54. The summed E-state index contributed by atoms with van der Waals surface area (Å²) in [7, 11) is 0. The van der Waals surface area contributed by atoms with Crippen molar-refractivity contribution in [3.8, 4) is 6.07 Å². The van der Waals surface area contributed by atoms with E-state index in [-0.39, 0.29) is 30.0 Å². The summed E-state index contributed by atoms with van der Waals surface area (Å²) in [4.78, 5) is 39.1. The number of benzene rings is 2. The molecule has 0 aliphatic rings. The van der Waals surface area contributed by atoms with Crippen molar-refractivity contribution in [2.45, 2.75) is 33.2 Å². The molecule has 8 heteroatoms. The van der Waals surface area contributed by atoms with Gasteiger partial charge in [-0.05, 0) is 67.3 Å². The zero-order valence-electron chi connectivity index (χ0n) is 18.3. The van der Waals surface area contributed by atoms with Gasteiger partial charge < -0.3 is 15.6 Å². The molecule has 0 spiro atoms. The number of nitriles is 1. The van der Waals surface area contributed by atoms with Crippen LogP contribution in [0.3, 0.4) is 0 Å². The molecule has 7 nitrogen and oxygen atoms in total. The molecule has 2 aromatic carbocycles. The van der Waals surface area contributed by atoms with Crippen LogP contribution < -0.4 is 16.2 Å². The maximum absolute atomic E-state index is 13.3. The first-order valence-electron chi connectivity index (χ1n) is 10.3. The van der Waals surface area contributed by atoms with Crippen molar-refractivity contribution in [3.05, 3.63) is 98.2 Å². The molecule has 1 heterocycles. The minimum atomic E-state index is -0.491. The Morgan fingerprint density at radius 3 is 2.61 bits per heavy atom. The van der Waals surface area contributed by atoms with Crippen molar-refractivity contribution < 1.29 is 14.0 Å². The molecule has 0 atom stereocenters. The largest absolute Gasteiger partial charge is 0.352 e. The quantitative estimate of drug-likeness (QED) is 0.515. The lowest BCUT2D eigenvalue weighted by Gasteiger charge is -2.11. The van der Waals surface area contributed by atoms with Gasteiger partial charge in [0.15, 0.2) is 0 Å². The Balaban J connectivity index is 1.58. The van der Waals surface area contributed by atoms with Gasteiger partial charge in [-0.3, -0.25) is 14.4 Å². The summed E-state index contributed by atoms with van der Waals surface area (Å²) in [5.74, 6) is -1.11. The molecule has 0 fully saturated rings. The van der Waals surface area contributed by atoms with Crippen molar-refractivity contribution in [1.82, 2.24) is 10.3 Å². The van der Waals surface area contributed by atoms with Crippen molar-refractivity contribution >= 4 is 17.5 Å². The second-order valence-electron chi connectivity index (χ2n) is 7.61. The number of hydrogen-bond acceptors (Lipinski definition) is 4. The summed E-state index contributed by atoms with van der Waals surface area (Å²) in [6.07, 6.45) is 0.577. The fourth-order valence-electron chi connectivity index (χ4n) is 3.54. The van der Waals surface area contributed by atoms with E-state index in [9.17, 15) is 18.8 Å². The highest BCUT2D eigenvalue weighted by atomic mass is 19.1. The first-order valence-corrected chi connectivity index (χ1v) is 10.3. The van der Waals surface area contributed by atoms with E-state index in [1.54, 1.807) is 32.0 Å². The van der Waals surface area contributed by atoms with Gasteiger partial charge in [0, 0.05) is 29.9 Å². The summed E-state index contributed by atoms with van der Waals surface area (Å²) in [5.41, 5.74) is 3.17. The lowest BCUT2D eigenvalue weighted by Crippen LogP contribution is -2.24. The molecule has 0 bridgehead atoms. The van der Waals surface area contributed by atoms with Gasteiger partial charge >= 0.3 is 0 Å². The van der Waals surface area contributed by atoms with E-state index in [1.165, 1.54) is 18.2 Å². The lowest BCUT2D eigenvalue weighted by molar-refractivity contribution is -0.121. The first kappa shape index (κ1) is 23.4. The molecule has 3 aromatic rings. The van der Waals surface area contributed by atoms with E-state index < -0.39 is 17.3 Å². The minimum Gasteiger partial charge on any atom is -0.352 e. The van der Waals surface area contributed by atoms with Gasteiger partial charge in [-0.2, -0.15) is 5.26 Å². The highest BCUT2D eigenvalue weighted by Gasteiger charge is 2.13. The van der Waals surface area contributed by atoms with E-state index in [2.05, 4.69) is 15.6 Å². The van der Waals surface area contributed by atoms with Crippen LogP contribution in [0.5, 0.6) is 0 Å². The molecule has 1 aromatic heterocycles. The van der Waals surface area contributed by atoms with E-state index in [0.717, 1.165) is 17.2 Å². The van der Waals surface area contributed by atoms with Gasteiger partial charge in [-0.25, -0.2) is 4.39 Å². The molecule has 0 saturated carbocycles. The predicted octanol–water partition coefficient (Wildman–Crippen LogP) is 3.50. The topological polar surface area (TPSA) is 115 Å². The van der Waals surface area contributed by atoms with E-state index in [0.29, 0.717) is 23.4 Å². The van der Waals surface area contributed by atoms with Crippen LogP contribution in [0, 0.1) is 31.0 Å². The standard InChI is InChI=1S/C25H23FN4O3/c1-15-21(16(2)29-25(33)22(15)13-27)9-10-23(31)28-14-17-5-3-8-20(11-17)30-24(32)18-6-4-7-19(26)12-18/h3-8,11-12H,9-10,14H2,1-2H3,(H,28,31)(H,29,33)(H,30,32). The van der Waals surface area contributed by atoms with Crippen molar-refractivity contribution in [1.29, 1.82) is 5.26 Å². The van der Waals surface area contributed by atoms with Crippen LogP contribution in [0.15, 0.2) is 53.3 Å². The highest BCUT2D eigenvalue weighted by molar-refractivity contribution is 6.04. The van der Waals surface area contributed by atoms with Crippen LogP contribution in [0.25, 0.3) is 0 Å². The number of aromatic amines is 1. The lowest BCUT2D eigenvalue weighted by atomic mass is 9.99. The Morgan fingerprint density at radius 2 is 1.88 bits per heavy atom. The smallest absolute Gasteiger partial charge is 0.266 e. The van der Waals surface area contributed by atoms with Gasteiger partial charge in [-0.15, -0.1) is 0 Å². The zero-order valence-corrected chi connectivity index (χ0v) is 18.3. The van der Waals surface area contributed by atoms with Gasteiger partial charge in [0.2, 0.25) is 5.91 Å². The Morgan fingerprint density at radius 1 is 1.12 bits per heavy atom. The molecular weight excluding hydrogens is 423 g/mol. The fraction of sp³-hybridized carbons (Fsp3) is 0.200. The number of rotatable bonds is 7. The van der Waals surface area contributed by atoms with Crippen molar-refractivity contribution in [2.75, 3.05) is 5.32 Å². The van der Waals surface area contributed by atoms with Crippen molar-refractivity contribution in [2.24, 2.45) is 0 Å². The minimum absolute atomic E-state index is 0.0631. The van der Waals surface area contributed by atoms with Crippen LogP contribution in [0.4, 0.5) is 10.1 Å². The number of anilines is 1. The first-order chi connectivity index (χ1) is 15.8. The molecule has 0 unspecified atom stereocenters. The third-order valence-electron chi connectivity index (χ3n) is 5.28. The number of pyridine rings is 1. The summed E-state index contributed by atoms with van der Waals surface area (Å²) < 4.78 is 13.3. The number of carbonyl (C=O) groups is 2. The molecule has 2 amide bonds. The number of nitrogens with zero attached hydrogens (tertiary/aromatic N) is 1. The van der Waals surface area contributed by atoms with Crippen LogP contribution in [-0.4, -0.2) is 16.8 Å². The van der Waals surface area contributed by atoms with Gasteiger partial charge in [0.05, 0.1) is 0 Å². The Hall–Kier alpha value is -4.25. The number of halogens is 1. The maximum Gasteiger partial charge on any atom is 0.266 e. The molecule has 3 rings (SSSR count). The van der Waals surface area contributed by atoms with E-state index >= 15 is 0 Å². The summed E-state index contributed by atoms with van der Waals surface area (Å²) in [6, 6.07) is 14.3. The van der Waals surface area contributed by atoms with Gasteiger partial charge in [0.25, 0.3) is 11.5 Å². The molecule has 168 valence electrons. The van der Waals surface area contributed by atoms with Gasteiger partial charge in [-0.1, -0.05) is 18.2 Å².